The molecule has 0 saturated carbocycles. The molecule has 0 aliphatic carbocycles. The molecule has 0 spiro atoms. The van der Waals surface area contributed by atoms with Gasteiger partial charge in [-0.25, -0.2) is 4.39 Å². The molecule has 18 heavy (non-hydrogen) atoms. The second-order valence-electron chi connectivity index (χ2n) is 3.83. The van der Waals surface area contributed by atoms with Gasteiger partial charge in [-0.2, -0.15) is 0 Å². The molecule has 0 saturated heterocycles. The van der Waals surface area contributed by atoms with E-state index < -0.39 is 22.9 Å². The van der Waals surface area contributed by atoms with Crippen molar-refractivity contribution in [1.82, 2.24) is 0 Å². The smallest absolute Gasteiger partial charge is 0.293 e. The van der Waals surface area contributed by atoms with Crippen LogP contribution in [0.25, 0.3) is 0 Å². The molecular formula is C10H13BrFN3O3. The number of hydrogen-bond donors (Lipinski definition) is 3. The summed E-state index contributed by atoms with van der Waals surface area (Å²) in [7, 11) is 0. The van der Waals surface area contributed by atoms with Gasteiger partial charge < -0.3 is 16.2 Å². The minimum absolute atomic E-state index is 0.0135. The molecule has 1 aromatic carbocycles. The highest BCUT2D eigenvalue weighted by atomic mass is 79.9. The van der Waals surface area contributed by atoms with E-state index in [1.165, 1.54) is 6.92 Å². The van der Waals surface area contributed by atoms with Crippen LogP contribution < -0.4 is 11.1 Å². The second-order valence-corrected chi connectivity index (χ2v) is 4.68. The van der Waals surface area contributed by atoms with Gasteiger partial charge in [0.15, 0.2) is 0 Å². The van der Waals surface area contributed by atoms with E-state index in [4.69, 9.17) is 5.73 Å². The number of nitrogens with zero attached hydrogens (tertiary/aromatic N) is 1. The number of rotatable bonds is 5. The minimum Gasteiger partial charge on any atom is -0.392 e. The van der Waals surface area contributed by atoms with Crippen LogP contribution in [0.4, 0.5) is 15.8 Å². The van der Waals surface area contributed by atoms with E-state index in [9.17, 15) is 19.6 Å². The van der Waals surface area contributed by atoms with Crippen LogP contribution in [-0.2, 0) is 0 Å². The number of nitrogens with two attached hydrogens (primary N) is 1. The van der Waals surface area contributed by atoms with Gasteiger partial charge in [0, 0.05) is 24.7 Å². The summed E-state index contributed by atoms with van der Waals surface area (Å²) in [5.74, 6) is -0.617. The molecule has 1 rings (SSSR count). The molecule has 8 heteroatoms. The zero-order valence-electron chi connectivity index (χ0n) is 9.56. The van der Waals surface area contributed by atoms with E-state index in [1.807, 2.05) is 0 Å². The molecule has 2 atom stereocenters. The van der Waals surface area contributed by atoms with Crippen molar-refractivity contribution in [2.45, 2.75) is 19.1 Å². The maximum absolute atomic E-state index is 13.3. The summed E-state index contributed by atoms with van der Waals surface area (Å²) < 4.78 is 13.3. The van der Waals surface area contributed by atoms with E-state index >= 15 is 0 Å². The molecule has 2 unspecified atom stereocenters. The molecule has 0 heterocycles. The third-order valence-electron chi connectivity index (χ3n) is 2.38. The molecule has 4 N–H and O–H groups in total. The lowest BCUT2D eigenvalue weighted by molar-refractivity contribution is -0.384. The average molecular weight is 322 g/mol. The quantitative estimate of drug-likeness (QED) is 0.565. The number of anilines is 1. The Morgan fingerprint density at radius 3 is 2.78 bits per heavy atom. The molecule has 0 aromatic heterocycles. The molecular weight excluding hydrogens is 309 g/mol. The molecule has 0 aliphatic rings. The highest BCUT2D eigenvalue weighted by molar-refractivity contribution is 9.10. The third kappa shape index (κ3) is 3.62. The van der Waals surface area contributed by atoms with Crippen LogP contribution in [-0.4, -0.2) is 28.7 Å². The van der Waals surface area contributed by atoms with Gasteiger partial charge in [-0.1, -0.05) is 0 Å². The molecule has 100 valence electrons. The van der Waals surface area contributed by atoms with Crippen LogP contribution in [0.2, 0.25) is 0 Å². The number of halogens is 2. The van der Waals surface area contributed by atoms with Crippen LogP contribution in [0, 0.1) is 15.9 Å². The van der Waals surface area contributed by atoms with Crippen molar-refractivity contribution in [2.75, 3.05) is 11.9 Å². The minimum atomic E-state index is -0.767. The van der Waals surface area contributed by atoms with Gasteiger partial charge in [0.05, 0.1) is 15.5 Å². The Morgan fingerprint density at radius 1 is 1.67 bits per heavy atom. The van der Waals surface area contributed by atoms with Crippen LogP contribution in [0.15, 0.2) is 16.6 Å². The Balaban J connectivity index is 2.93. The molecule has 6 nitrogen and oxygen atoms in total. The highest BCUT2D eigenvalue weighted by Gasteiger charge is 2.18. The number of nitro groups is 1. The number of hydrogen-bond acceptors (Lipinski definition) is 5. The van der Waals surface area contributed by atoms with Crippen molar-refractivity contribution in [3.63, 3.8) is 0 Å². The summed E-state index contributed by atoms with van der Waals surface area (Å²) in [6.45, 7) is 1.60. The second kappa shape index (κ2) is 6.07. The summed E-state index contributed by atoms with van der Waals surface area (Å²) in [6, 6.07) is 1.49. The molecule has 0 amide bonds. The molecule has 0 aliphatic heterocycles. The largest absolute Gasteiger partial charge is 0.392 e. The first-order valence-electron chi connectivity index (χ1n) is 5.14. The number of nitrogens with one attached hydrogen (secondary N) is 1. The van der Waals surface area contributed by atoms with Crippen molar-refractivity contribution in [1.29, 1.82) is 0 Å². The van der Waals surface area contributed by atoms with Gasteiger partial charge in [0.1, 0.15) is 11.5 Å². The van der Waals surface area contributed by atoms with Crippen molar-refractivity contribution < 1.29 is 14.4 Å². The zero-order valence-corrected chi connectivity index (χ0v) is 11.1. The van der Waals surface area contributed by atoms with Crippen LogP contribution in [0.3, 0.4) is 0 Å². The summed E-state index contributed by atoms with van der Waals surface area (Å²) in [5, 5.41) is 22.7. The summed E-state index contributed by atoms with van der Waals surface area (Å²) >= 11 is 2.88. The van der Waals surface area contributed by atoms with E-state index in [0.717, 1.165) is 12.1 Å². The Kier molecular flexibility index (Phi) is 5.00. The van der Waals surface area contributed by atoms with Gasteiger partial charge in [-0.05, 0) is 22.9 Å². The Labute approximate surface area is 111 Å². The summed E-state index contributed by atoms with van der Waals surface area (Å²) in [6.07, 6.45) is -0.767. The molecule has 0 fully saturated rings. The van der Waals surface area contributed by atoms with Crippen LogP contribution in [0.5, 0.6) is 0 Å². The Morgan fingerprint density at radius 2 is 2.28 bits per heavy atom. The lowest BCUT2D eigenvalue weighted by atomic mass is 10.2. The van der Waals surface area contributed by atoms with Crippen LogP contribution >= 0.6 is 15.9 Å². The van der Waals surface area contributed by atoms with Gasteiger partial charge in [0.2, 0.25) is 0 Å². The Hall–Kier alpha value is -1.25. The first kappa shape index (κ1) is 14.8. The van der Waals surface area contributed by atoms with E-state index in [0.29, 0.717) is 0 Å². The fourth-order valence-electron chi connectivity index (χ4n) is 1.23. The van der Waals surface area contributed by atoms with Crippen molar-refractivity contribution in [3.05, 3.63) is 32.5 Å². The first-order chi connectivity index (χ1) is 8.32. The number of aliphatic hydroxyl groups excluding tert-OH is 1. The predicted octanol–water partition coefficient (Wildman–Crippen LogP) is 1.62. The van der Waals surface area contributed by atoms with Gasteiger partial charge in [-0.3, -0.25) is 10.1 Å². The lowest BCUT2D eigenvalue weighted by Gasteiger charge is -2.16. The highest BCUT2D eigenvalue weighted by Crippen LogP contribution is 2.30. The molecule has 0 bridgehead atoms. The zero-order chi connectivity index (χ0) is 13.9. The number of benzene rings is 1. The van der Waals surface area contributed by atoms with Crippen molar-refractivity contribution in [2.24, 2.45) is 5.73 Å². The fraction of sp³-hybridized carbons (Fsp3) is 0.400. The standard InChI is InChI=1S/C10H13BrFN3O3/c1-5(16)8(13)4-14-9-3-7(12)6(11)2-10(9)15(17)18/h2-3,5,8,14,16H,4,13H2,1H3. The first-order valence-corrected chi connectivity index (χ1v) is 5.93. The fourth-order valence-corrected chi connectivity index (χ4v) is 1.56. The maximum atomic E-state index is 13.3. The number of aliphatic hydroxyl groups is 1. The van der Waals surface area contributed by atoms with E-state index in [2.05, 4.69) is 21.2 Å². The normalized spacial score (nSPS) is 14.1. The van der Waals surface area contributed by atoms with Crippen molar-refractivity contribution in [3.8, 4) is 0 Å². The third-order valence-corrected chi connectivity index (χ3v) is 2.99. The predicted molar refractivity (Wildman–Crippen MR) is 68.9 cm³/mol. The maximum Gasteiger partial charge on any atom is 0.293 e. The topological polar surface area (TPSA) is 101 Å². The van der Waals surface area contributed by atoms with Crippen molar-refractivity contribution >= 4 is 27.3 Å². The SMILES string of the molecule is CC(O)C(N)CNc1cc(F)c(Br)cc1[N+](=O)[O-]. The lowest BCUT2D eigenvalue weighted by Crippen LogP contribution is -2.38. The monoisotopic (exact) mass is 321 g/mol. The molecule has 0 radical (unpaired) electrons. The molecule has 1 aromatic rings. The van der Waals surface area contributed by atoms with Gasteiger partial charge in [-0.15, -0.1) is 0 Å². The summed E-state index contributed by atoms with van der Waals surface area (Å²) in [5.41, 5.74) is 5.34. The average Bonchev–Trinajstić information content (AvgIpc) is 2.29. The van der Waals surface area contributed by atoms with Crippen LogP contribution in [0.1, 0.15) is 6.92 Å². The van der Waals surface area contributed by atoms with Gasteiger partial charge in [0.25, 0.3) is 5.69 Å². The van der Waals surface area contributed by atoms with Gasteiger partial charge >= 0.3 is 0 Å². The van der Waals surface area contributed by atoms with E-state index in [-0.39, 0.29) is 22.4 Å². The number of nitro benzene ring substituents is 1. The summed E-state index contributed by atoms with van der Waals surface area (Å²) in [4.78, 5) is 10.2. The van der Waals surface area contributed by atoms with E-state index in [1.54, 1.807) is 0 Å². The Bertz CT molecular complexity index is 456.